The zero-order chi connectivity index (χ0) is 14.0. The highest BCUT2D eigenvalue weighted by Gasteiger charge is 2.22. The quantitative estimate of drug-likeness (QED) is 0.846. The first kappa shape index (κ1) is 13.3. The molecule has 2 heterocycles. The number of hydrogen-bond acceptors (Lipinski definition) is 6. The summed E-state index contributed by atoms with van der Waals surface area (Å²) in [6.45, 7) is 1.78. The van der Waals surface area contributed by atoms with Crippen LogP contribution in [-0.4, -0.2) is 28.9 Å². The van der Waals surface area contributed by atoms with E-state index in [0.29, 0.717) is 11.7 Å². The van der Waals surface area contributed by atoms with E-state index >= 15 is 0 Å². The van der Waals surface area contributed by atoms with Crippen LogP contribution in [-0.2, 0) is 6.54 Å². The molecule has 0 spiro atoms. The summed E-state index contributed by atoms with van der Waals surface area (Å²) in [6, 6.07) is 3.59. The van der Waals surface area contributed by atoms with Crippen molar-refractivity contribution in [3.8, 4) is 0 Å². The number of furan rings is 1. The first-order chi connectivity index (χ1) is 8.99. The summed E-state index contributed by atoms with van der Waals surface area (Å²) in [6.07, 6.45) is 1.56. The van der Waals surface area contributed by atoms with E-state index in [-0.39, 0.29) is 16.4 Å². The predicted molar refractivity (Wildman–Crippen MR) is 69.9 cm³/mol. The number of aromatic nitrogens is 1. The molecule has 0 saturated carbocycles. The molecule has 0 fully saturated rings. The lowest BCUT2D eigenvalue weighted by Crippen LogP contribution is -2.15. The van der Waals surface area contributed by atoms with Gasteiger partial charge in [0.05, 0.1) is 12.8 Å². The van der Waals surface area contributed by atoms with Crippen LogP contribution in [0.4, 0.5) is 5.13 Å². The molecule has 0 amide bonds. The standard InChI is InChI=1S/C12H12N2O4S/c1-7(15)10-9(11(16)17)13-12(19-10)14(2)6-8-4-3-5-18-8/h3-5H,6H2,1-2H3,(H,16,17). The van der Waals surface area contributed by atoms with Crippen LogP contribution in [0.15, 0.2) is 22.8 Å². The largest absolute Gasteiger partial charge is 0.476 e. The number of thiazole rings is 1. The minimum absolute atomic E-state index is 0.161. The molecule has 0 radical (unpaired) electrons. The van der Waals surface area contributed by atoms with E-state index in [9.17, 15) is 9.59 Å². The summed E-state index contributed by atoms with van der Waals surface area (Å²) in [5.74, 6) is -0.759. The van der Waals surface area contributed by atoms with Gasteiger partial charge < -0.3 is 14.4 Å². The monoisotopic (exact) mass is 280 g/mol. The van der Waals surface area contributed by atoms with E-state index in [1.54, 1.807) is 24.3 Å². The van der Waals surface area contributed by atoms with E-state index in [0.717, 1.165) is 17.1 Å². The van der Waals surface area contributed by atoms with Gasteiger partial charge in [-0.25, -0.2) is 9.78 Å². The number of ketones is 1. The number of carbonyl (C=O) groups excluding carboxylic acids is 1. The maximum Gasteiger partial charge on any atom is 0.356 e. The van der Waals surface area contributed by atoms with E-state index < -0.39 is 5.97 Å². The van der Waals surface area contributed by atoms with E-state index in [2.05, 4.69) is 4.98 Å². The third-order valence-corrected chi connectivity index (χ3v) is 3.71. The van der Waals surface area contributed by atoms with Gasteiger partial charge in [-0.1, -0.05) is 11.3 Å². The summed E-state index contributed by atoms with van der Waals surface area (Å²) < 4.78 is 5.21. The fourth-order valence-electron chi connectivity index (χ4n) is 1.56. The van der Waals surface area contributed by atoms with Gasteiger partial charge in [0.15, 0.2) is 16.6 Å². The molecule has 100 valence electrons. The van der Waals surface area contributed by atoms with Gasteiger partial charge in [-0.2, -0.15) is 0 Å². The Balaban J connectivity index is 2.27. The Morgan fingerprint density at radius 1 is 1.53 bits per heavy atom. The fraction of sp³-hybridized carbons (Fsp3) is 0.250. The molecule has 0 aliphatic carbocycles. The molecule has 0 saturated heterocycles. The number of Topliss-reactive ketones (excluding diaryl/α,β-unsaturated/α-hetero) is 1. The van der Waals surface area contributed by atoms with Gasteiger partial charge in [-0.15, -0.1) is 0 Å². The Labute approximate surface area is 113 Å². The van der Waals surface area contributed by atoms with Crippen LogP contribution in [0.25, 0.3) is 0 Å². The molecule has 0 unspecified atom stereocenters. The van der Waals surface area contributed by atoms with Crippen LogP contribution < -0.4 is 4.90 Å². The van der Waals surface area contributed by atoms with Crippen LogP contribution in [0.3, 0.4) is 0 Å². The van der Waals surface area contributed by atoms with Crippen molar-refractivity contribution in [1.82, 2.24) is 4.98 Å². The number of rotatable bonds is 5. The van der Waals surface area contributed by atoms with Crippen LogP contribution in [0, 0.1) is 0 Å². The van der Waals surface area contributed by atoms with Crippen molar-refractivity contribution in [1.29, 1.82) is 0 Å². The molecule has 0 aromatic carbocycles. The number of hydrogen-bond donors (Lipinski definition) is 1. The Hall–Kier alpha value is -2.15. The normalized spacial score (nSPS) is 10.4. The molecule has 0 atom stereocenters. The average Bonchev–Trinajstić information content (AvgIpc) is 2.96. The summed E-state index contributed by atoms with van der Waals surface area (Å²) in [4.78, 5) is 28.3. The number of nitrogens with zero attached hydrogens (tertiary/aromatic N) is 2. The molecule has 0 bridgehead atoms. The fourth-order valence-corrected chi connectivity index (χ4v) is 2.47. The highest BCUT2D eigenvalue weighted by Crippen LogP contribution is 2.27. The van der Waals surface area contributed by atoms with Gasteiger partial charge in [0, 0.05) is 14.0 Å². The van der Waals surface area contributed by atoms with Crippen LogP contribution in [0.2, 0.25) is 0 Å². The van der Waals surface area contributed by atoms with Crippen molar-refractivity contribution >= 4 is 28.2 Å². The summed E-state index contributed by atoms with van der Waals surface area (Å²) in [5, 5.41) is 9.49. The van der Waals surface area contributed by atoms with Gasteiger partial charge in [-0.3, -0.25) is 4.79 Å². The van der Waals surface area contributed by atoms with Crippen molar-refractivity contribution in [2.75, 3.05) is 11.9 Å². The van der Waals surface area contributed by atoms with Crippen molar-refractivity contribution in [2.45, 2.75) is 13.5 Å². The minimum atomic E-state index is -1.20. The van der Waals surface area contributed by atoms with Gasteiger partial charge in [0.1, 0.15) is 10.6 Å². The topological polar surface area (TPSA) is 83.6 Å². The molecule has 2 aromatic heterocycles. The first-order valence-corrected chi connectivity index (χ1v) is 6.29. The lowest BCUT2D eigenvalue weighted by molar-refractivity contribution is 0.0687. The number of carboxylic acids is 1. The lowest BCUT2D eigenvalue weighted by atomic mass is 10.3. The molecule has 0 aliphatic heterocycles. The Bertz CT molecular complexity index is 572. The SMILES string of the molecule is CC(=O)c1sc(N(C)Cc2ccco2)nc1C(=O)O. The third-order valence-electron chi connectivity index (χ3n) is 2.44. The number of carboxylic acid groups (broad SMARTS) is 1. The van der Waals surface area contributed by atoms with E-state index in [4.69, 9.17) is 9.52 Å². The predicted octanol–water partition coefficient (Wildman–Crippen LogP) is 2.27. The number of aromatic carboxylic acids is 1. The third kappa shape index (κ3) is 2.82. The van der Waals surface area contributed by atoms with Crippen LogP contribution in [0.5, 0.6) is 0 Å². The van der Waals surface area contributed by atoms with Crippen molar-refractivity contribution in [2.24, 2.45) is 0 Å². The van der Waals surface area contributed by atoms with Gasteiger partial charge >= 0.3 is 5.97 Å². The lowest BCUT2D eigenvalue weighted by Gasteiger charge is -2.13. The highest BCUT2D eigenvalue weighted by atomic mass is 32.1. The molecular weight excluding hydrogens is 268 g/mol. The maximum atomic E-state index is 11.4. The zero-order valence-electron chi connectivity index (χ0n) is 10.4. The van der Waals surface area contributed by atoms with E-state index in [1.165, 1.54) is 6.92 Å². The zero-order valence-corrected chi connectivity index (χ0v) is 11.2. The maximum absolute atomic E-state index is 11.4. The van der Waals surface area contributed by atoms with E-state index in [1.807, 2.05) is 6.07 Å². The summed E-state index contributed by atoms with van der Waals surface area (Å²) >= 11 is 1.07. The van der Waals surface area contributed by atoms with Crippen molar-refractivity contribution in [3.63, 3.8) is 0 Å². The van der Waals surface area contributed by atoms with Gasteiger partial charge in [0.25, 0.3) is 0 Å². The second-order valence-corrected chi connectivity index (χ2v) is 4.95. The Morgan fingerprint density at radius 2 is 2.26 bits per heavy atom. The number of anilines is 1. The molecule has 1 N–H and O–H groups in total. The highest BCUT2D eigenvalue weighted by molar-refractivity contribution is 7.17. The Kier molecular flexibility index (Phi) is 3.66. The van der Waals surface area contributed by atoms with Gasteiger partial charge in [-0.05, 0) is 12.1 Å². The van der Waals surface area contributed by atoms with Crippen LogP contribution >= 0.6 is 11.3 Å². The Morgan fingerprint density at radius 3 is 2.74 bits per heavy atom. The molecular formula is C12H12N2O4S. The second kappa shape index (κ2) is 5.23. The molecule has 0 aliphatic rings. The molecule has 2 rings (SSSR count). The second-order valence-electron chi connectivity index (χ2n) is 3.97. The summed E-state index contributed by atoms with van der Waals surface area (Å²) in [7, 11) is 1.76. The summed E-state index contributed by atoms with van der Waals surface area (Å²) in [5.41, 5.74) is -0.196. The molecule has 7 heteroatoms. The first-order valence-electron chi connectivity index (χ1n) is 5.47. The van der Waals surface area contributed by atoms with Crippen LogP contribution in [0.1, 0.15) is 32.8 Å². The molecule has 19 heavy (non-hydrogen) atoms. The number of carbonyl (C=O) groups is 2. The smallest absolute Gasteiger partial charge is 0.356 e. The van der Waals surface area contributed by atoms with Crippen molar-refractivity contribution in [3.05, 3.63) is 34.7 Å². The van der Waals surface area contributed by atoms with Crippen molar-refractivity contribution < 1.29 is 19.1 Å². The molecule has 6 nitrogen and oxygen atoms in total. The average molecular weight is 280 g/mol. The van der Waals surface area contributed by atoms with Gasteiger partial charge in [0.2, 0.25) is 0 Å². The minimum Gasteiger partial charge on any atom is -0.476 e. The molecule has 2 aromatic rings.